The zero-order valence-electron chi connectivity index (χ0n) is 19.7. The molecule has 1 aliphatic rings. The third kappa shape index (κ3) is 4.50. The van der Waals surface area contributed by atoms with Crippen LogP contribution in [0.15, 0.2) is 60.7 Å². The summed E-state index contributed by atoms with van der Waals surface area (Å²) in [4.78, 5) is 40.6. The maximum absolute atomic E-state index is 13.3. The van der Waals surface area contributed by atoms with Gasteiger partial charge in [-0.2, -0.15) is 0 Å². The summed E-state index contributed by atoms with van der Waals surface area (Å²) in [6, 6.07) is 18.1. The highest BCUT2D eigenvalue weighted by atomic mass is 16.5. The Morgan fingerprint density at radius 2 is 1.65 bits per heavy atom. The fraction of sp³-hybridized carbons (Fsp3) is 0.222. The minimum Gasteiger partial charge on any atom is -0.496 e. The van der Waals surface area contributed by atoms with Crippen molar-refractivity contribution in [2.45, 2.75) is 20.0 Å². The van der Waals surface area contributed by atoms with E-state index in [9.17, 15) is 14.4 Å². The maximum atomic E-state index is 13.3. The van der Waals surface area contributed by atoms with E-state index in [2.05, 4.69) is 5.32 Å². The number of anilines is 1. The molecule has 34 heavy (non-hydrogen) atoms. The summed E-state index contributed by atoms with van der Waals surface area (Å²) in [5.74, 6) is 0.222. The molecular weight excluding hydrogens is 430 g/mol. The van der Waals surface area contributed by atoms with E-state index in [1.165, 1.54) is 4.90 Å². The third-order valence-electron chi connectivity index (χ3n) is 5.95. The Hall–Kier alpha value is -4.13. The van der Waals surface area contributed by atoms with Gasteiger partial charge in [-0.3, -0.25) is 14.4 Å². The quantitative estimate of drug-likeness (QED) is 0.624. The van der Waals surface area contributed by atoms with Crippen molar-refractivity contribution >= 4 is 23.4 Å². The molecule has 0 saturated heterocycles. The number of fused-ring (bicyclic) bond motifs is 1. The maximum Gasteiger partial charge on any atom is 0.256 e. The number of hydrogen-bond donors (Lipinski definition) is 1. The molecule has 0 bridgehead atoms. The van der Waals surface area contributed by atoms with Crippen LogP contribution in [0.5, 0.6) is 5.75 Å². The van der Waals surface area contributed by atoms with Gasteiger partial charge in [0.15, 0.2) is 0 Å². The number of amides is 3. The molecule has 0 aliphatic carbocycles. The molecule has 0 atom stereocenters. The molecule has 4 rings (SSSR count). The lowest BCUT2D eigenvalue weighted by molar-refractivity contribution is -0.129. The predicted molar refractivity (Wildman–Crippen MR) is 131 cm³/mol. The van der Waals surface area contributed by atoms with Gasteiger partial charge >= 0.3 is 0 Å². The minimum absolute atomic E-state index is 0.0288. The third-order valence-corrected chi connectivity index (χ3v) is 5.95. The first-order valence-corrected chi connectivity index (χ1v) is 11.0. The SMILES string of the molecule is COc1cccc(C(=O)Nc2ccc3c(c2)CN(C(C)=O)C3)c1-c1ccc(C(=O)N(C)C)cc1. The lowest BCUT2D eigenvalue weighted by Crippen LogP contribution is -2.21. The van der Waals surface area contributed by atoms with E-state index in [0.717, 1.165) is 16.7 Å². The monoisotopic (exact) mass is 457 g/mol. The van der Waals surface area contributed by atoms with Crippen molar-refractivity contribution in [3.8, 4) is 16.9 Å². The summed E-state index contributed by atoms with van der Waals surface area (Å²) in [5, 5.41) is 2.98. The van der Waals surface area contributed by atoms with E-state index in [1.807, 2.05) is 30.3 Å². The van der Waals surface area contributed by atoms with Crippen LogP contribution in [0.2, 0.25) is 0 Å². The van der Waals surface area contributed by atoms with E-state index in [0.29, 0.717) is 41.2 Å². The Morgan fingerprint density at radius 1 is 0.941 bits per heavy atom. The predicted octanol–water partition coefficient (Wildman–Crippen LogP) is 4.18. The molecular formula is C27H27N3O4. The molecule has 0 aromatic heterocycles. The van der Waals surface area contributed by atoms with Crippen molar-refractivity contribution in [3.05, 3.63) is 82.9 Å². The molecule has 3 aromatic rings. The summed E-state index contributed by atoms with van der Waals surface area (Å²) in [5.41, 5.74) is 5.21. The van der Waals surface area contributed by atoms with Crippen molar-refractivity contribution in [1.29, 1.82) is 0 Å². The van der Waals surface area contributed by atoms with E-state index in [-0.39, 0.29) is 17.7 Å². The van der Waals surface area contributed by atoms with Crippen LogP contribution in [-0.4, -0.2) is 48.7 Å². The van der Waals surface area contributed by atoms with Gasteiger partial charge in [0.1, 0.15) is 5.75 Å². The fourth-order valence-corrected chi connectivity index (χ4v) is 4.12. The summed E-state index contributed by atoms with van der Waals surface area (Å²) < 4.78 is 5.56. The highest BCUT2D eigenvalue weighted by Gasteiger charge is 2.22. The Morgan fingerprint density at radius 3 is 2.29 bits per heavy atom. The highest BCUT2D eigenvalue weighted by Crippen LogP contribution is 2.34. The molecule has 174 valence electrons. The number of rotatable bonds is 5. The molecule has 1 N–H and O–H groups in total. The van der Waals surface area contributed by atoms with Gasteiger partial charge in [0.2, 0.25) is 5.91 Å². The number of benzene rings is 3. The lowest BCUT2D eigenvalue weighted by Gasteiger charge is -2.16. The van der Waals surface area contributed by atoms with Crippen molar-refractivity contribution in [2.24, 2.45) is 0 Å². The highest BCUT2D eigenvalue weighted by molar-refractivity contribution is 6.10. The molecule has 0 spiro atoms. The topological polar surface area (TPSA) is 79.0 Å². The molecule has 3 amide bonds. The van der Waals surface area contributed by atoms with Gasteiger partial charge in [-0.1, -0.05) is 24.3 Å². The van der Waals surface area contributed by atoms with Crippen LogP contribution in [0.25, 0.3) is 11.1 Å². The van der Waals surface area contributed by atoms with Gasteiger partial charge in [-0.05, 0) is 53.1 Å². The molecule has 0 unspecified atom stereocenters. The van der Waals surface area contributed by atoms with E-state index >= 15 is 0 Å². The molecule has 1 aliphatic heterocycles. The number of methoxy groups -OCH3 is 1. The van der Waals surface area contributed by atoms with E-state index in [4.69, 9.17) is 4.74 Å². The number of ether oxygens (including phenoxy) is 1. The first kappa shape index (κ1) is 23.0. The van der Waals surface area contributed by atoms with Gasteiger partial charge < -0.3 is 19.9 Å². The largest absolute Gasteiger partial charge is 0.496 e. The van der Waals surface area contributed by atoms with Crippen LogP contribution in [-0.2, 0) is 17.9 Å². The van der Waals surface area contributed by atoms with Crippen molar-refractivity contribution < 1.29 is 19.1 Å². The average molecular weight is 458 g/mol. The molecule has 3 aromatic carbocycles. The number of nitrogens with one attached hydrogen (secondary N) is 1. The van der Waals surface area contributed by atoms with Gasteiger partial charge in [0, 0.05) is 50.9 Å². The van der Waals surface area contributed by atoms with Crippen LogP contribution in [0.3, 0.4) is 0 Å². The Kier molecular flexibility index (Phi) is 6.36. The van der Waals surface area contributed by atoms with Gasteiger partial charge in [0.25, 0.3) is 11.8 Å². The molecule has 0 fully saturated rings. The zero-order chi connectivity index (χ0) is 24.4. The van der Waals surface area contributed by atoms with Crippen LogP contribution < -0.4 is 10.1 Å². The summed E-state index contributed by atoms with van der Waals surface area (Å²) in [6.07, 6.45) is 0. The summed E-state index contributed by atoms with van der Waals surface area (Å²) in [7, 11) is 4.97. The minimum atomic E-state index is -0.274. The average Bonchev–Trinajstić information content (AvgIpc) is 3.27. The van der Waals surface area contributed by atoms with Crippen LogP contribution in [0.1, 0.15) is 38.8 Å². The van der Waals surface area contributed by atoms with Gasteiger partial charge in [-0.15, -0.1) is 0 Å². The Balaban J connectivity index is 1.63. The standard InChI is InChI=1S/C27H27N3O4/c1-17(31)30-15-20-12-13-22(14-21(20)16-30)28-26(32)23-6-5-7-24(34-4)25(23)18-8-10-19(11-9-18)27(33)29(2)3/h5-14H,15-16H2,1-4H3,(H,28,32). The molecule has 7 nitrogen and oxygen atoms in total. The number of nitrogens with zero attached hydrogens (tertiary/aromatic N) is 2. The first-order valence-electron chi connectivity index (χ1n) is 11.0. The Bertz CT molecular complexity index is 1270. The first-order chi connectivity index (χ1) is 16.3. The normalized spacial score (nSPS) is 12.2. The molecule has 7 heteroatoms. The van der Waals surface area contributed by atoms with Crippen LogP contribution in [0.4, 0.5) is 5.69 Å². The van der Waals surface area contributed by atoms with Crippen LogP contribution >= 0.6 is 0 Å². The summed E-state index contributed by atoms with van der Waals surface area (Å²) in [6.45, 7) is 2.68. The fourth-order valence-electron chi connectivity index (χ4n) is 4.12. The summed E-state index contributed by atoms with van der Waals surface area (Å²) >= 11 is 0. The van der Waals surface area contributed by atoms with E-state index in [1.54, 1.807) is 63.4 Å². The van der Waals surface area contributed by atoms with E-state index < -0.39 is 0 Å². The smallest absolute Gasteiger partial charge is 0.256 e. The second-order valence-electron chi connectivity index (χ2n) is 8.47. The number of hydrogen-bond acceptors (Lipinski definition) is 4. The Labute approximate surface area is 198 Å². The molecule has 0 saturated carbocycles. The molecule has 1 heterocycles. The molecule has 0 radical (unpaired) electrons. The number of carbonyl (C=O) groups excluding carboxylic acids is 3. The zero-order valence-corrected chi connectivity index (χ0v) is 19.7. The van der Waals surface area contributed by atoms with Gasteiger partial charge in [0.05, 0.1) is 12.7 Å². The van der Waals surface area contributed by atoms with Crippen molar-refractivity contribution in [3.63, 3.8) is 0 Å². The number of carbonyl (C=O) groups is 3. The van der Waals surface area contributed by atoms with Gasteiger partial charge in [-0.25, -0.2) is 0 Å². The van der Waals surface area contributed by atoms with Crippen molar-refractivity contribution in [2.75, 3.05) is 26.5 Å². The van der Waals surface area contributed by atoms with Crippen LogP contribution in [0, 0.1) is 0 Å². The van der Waals surface area contributed by atoms with Crippen molar-refractivity contribution in [1.82, 2.24) is 9.80 Å². The lowest BCUT2D eigenvalue weighted by atomic mass is 9.96. The second-order valence-corrected chi connectivity index (χ2v) is 8.47. The second kappa shape index (κ2) is 9.39.